The standard InChI is InChI=1S/C12H10ClN3O2/c1-14-10-6-7-15-11(12(10)16(17)18)8-4-2-3-5-9(8)13/h2-7H,1H3,(H,14,15). The summed E-state index contributed by atoms with van der Waals surface area (Å²) in [6, 6.07) is 8.46. The Bertz CT molecular complexity index is 602. The first-order chi connectivity index (χ1) is 8.65. The van der Waals surface area contributed by atoms with E-state index in [1.807, 2.05) is 0 Å². The molecule has 6 heteroatoms. The quantitative estimate of drug-likeness (QED) is 0.681. The Hall–Kier alpha value is -2.14. The first-order valence-electron chi connectivity index (χ1n) is 5.21. The molecule has 0 saturated carbocycles. The SMILES string of the molecule is CNc1ccnc(-c2ccccc2Cl)c1[N+](=O)[O-]. The Morgan fingerprint density at radius 1 is 1.33 bits per heavy atom. The van der Waals surface area contributed by atoms with Gasteiger partial charge in [-0.25, -0.2) is 4.98 Å². The normalized spacial score (nSPS) is 10.1. The molecule has 0 aliphatic heterocycles. The third-order valence-corrected chi connectivity index (χ3v) is 2.83. The highest BCUT2D eigenvalue weighted by Gasteiger charge is 2.22. The number of aromatic nitrogens is 1. The zero-order chi connectivity index (χ0) is 13.1. The fraction of sp³-hybridized carbons (Fsp3) is 0.0833. The van der Waals surface area contributed by atoms with Gasteiger partial charge in [0.1, 0.15) is 5.69 Å². The lowest BCUT2D eigenvalue weighted by Gasteiger charge is -2.07. The molecule has 92 valence electrons. The summed E-state index contributed by atoms with van der Waals surface area (Å²) in [5.74, 6) is 0. The van der Waals surface area contributed by atoms with Crippen molar-refractivity contribution >= 4 is 23.0 Å². The van der Waals surface area contributed by atoms with Crippen molar-refractivity contribution in [2.24, 2.45) is 0 Å². The number of benzene rings is 1. The predicted octanol–water partition coefficient (Wildman–Crippen LogP) is 3.35. The smallest absolute Gasteiger partial charge is 0.318 e. The fourth-order valence-corrected chi connectivity index (χ4v) is 1.92. The molecule has 1 heterocycles. The van der Waals surface area contributed by atoms with Crippen LogP contribution in [-0.4, -0.2) is 17.0 Å². The summed E-state index contributed by atoms with van der Waals surface area (Å²) in [4.78, 5) is 14.8. The largest absolute Gasteiger partial charge is 0.382 e. The number of anilines is 1. The Labute approximate surface area is 109 Å². The van der Waals surface area contributed by atoms with Crippen LogP contribution in [0.5, 0.6) is 0 Å². The molecule has 0 radical (unpaired) electrons. The van der Waals surface area contributed by atoms with Crippen LogP contribution in [-0.2, 0) is 0 Å². The number of nitrogens with one attached hydrogen (secondary N) is 1. The van der Waals surface area contributed by atoms with Crippen molar-refractivity contribution in [3.05, 3.63) is 51.7 Å². The van der Waals surface area contributed by atoms with Crippen LogP contribution in [0.2, 0.25) is 5.02 Å². The van der Waals surface area contributed by atoms with Gasteiger partial charge in [-0.2, -0.15) is 0 Å². The lowest BCUT2D eigenvalue weighted by atomic mass is 10.1. The molecule has 0 unspecified atom stereocenters. The number of nitrogens with zero attached hydrogens (tertiary/aromatic N) is 2. The van der Waals surface area contributed by atoms with Crippen molar-refractivity contribution in [3.8, 4) is 11.3 Å². The molecule has 0 saturated heterocycles. The Kier molecular flexibility index (Phi) is 3.43. The van der Waals surface area contributed by atoms with Crippen molar-refractivity contribution in [1.82, 2.24) is 4.98 Å². The van der Waals surface area contributed by atoms with E-state index in [-0.39, 0.29) is 11.4 Å². The van der Waals surface area contributed by atoms with Crippen LogP contribution in [0.3, 0.4) is 0 Å². The van der Waals surface area contributed by atoms with E-state index < -0.39 is 4.92 Å². The molecule has 0 aliphatic carbocycles. The molecule has 0 fully saturated rings. The molecule has 0 atom stereocenters. The molecule has 1 N–H and O–H groups in total. The van der Waals surface area contributed by atoms with Gasteiger partial charge in [0.05, 0.1) is 9.95 Å². The van der Waals surface area contributed by atoms with Crippen molar-refractivity contribution in [3.63, 3.8) is 0 Å². The van der Waals surface area contributed by atoms with Gasteiger partial charge in [-0.05, 0) is 12.1 Å². The summed E-state index contributed by atoms with van der Waals surface area (Å²) in [5, 5.41) is 14.4. The van der Waals surface area contributed by atoms with Crippen molar-refractivity contribution in [2.45, 2.75) is 0 Å². The zero-order valence-electron chi connectivity index (χ0n) is 9.55. The van der Waals surface area contributed by atoms with Crippen molar-refractivity contribution < 1.29 is 4.92 Å². The van der Waals surface area contributed by atoms with Gasteiger partial charge >= 0.3 is 5.69 Å². The topological polar surface area (TPSA) is 68.1 Å². The minimum atomic E-state index is -0.461. The molecule has 1 aromatic heterocycles. The van der Waals surface area contributed by atoms with E-state index in [2.05, 4.69) is 10.3 Å². The lowest BCUT2D eigenvalue weighted by Crippen LogP contribution is -2.00. The maximum Gasteiger partial charge on any atom is 0.318 e. The van der Waals surface area contributed by atoms with E-state index in [1.165, 1.54) is 6.20 Å². The molecule has 0 bridgehead atoms. The van der Waals surface area contributed by atoms with Gasteiger partial charge in [-0.1, -0.05) is 29.8 Å². The molecule has 2 aromatic rings. The number of rotatable bonds is 3. The van der Waals surface area contributed by atoms with Crippen molar-refractivity contribution in [2.75, 3.05) is 12.4 Å². The Balaban J connectivity index is 2.72. The first-order valence-corrected chi connectivity index (χ1v) is 5.59. The number of halogens is 1. The predicted molar refractivity (Wildman–Crippen MR) is 70.9 cm³/mol. The van der Waals surface area contributed by atoms with Crippen LogP contribution in [0.4, 0.5) is 11.4 Å². The van der Waals surface area contributed by atoms with Crippen LogP contribution >= 0.6 is 11.6 Å². The summed E-state index contributed by atoms with van der Waals surface area (Å²) in [5.41, 5.74) is 1.14. The van der Waals surface area contributed by atoms with Gasteiger partial charge in [0.15, 0.2) is 5.69 Å². The molecule has 5 nitrogen and oxygen atoms in total. The van der Waals surface area contributed by atoms with Gasteiger partial charge in [0, 0.05) is 18.8 Å². The van der Waals surface area contributed by atoms with Crippen LogP contribution in [0, 0.1) is 10.1 Å². The molecule has 2 rings (SSSR count). The van der Waals surface area contributed by atoms with Crippen LogP contribution in [0.15, 0.2) is 36.5 Å². The van der Waals surface area contributed by atoms with Crippen LogP contribution < -0.4 is 5.32 Å². The summed E-state index contributed by atoms with van der Waals surface area (Å²) >= 11 is 6.05. The minimum absolute atomic E-state index is 0.0758. The second-order valence-corrected chi connectivity index (χ2v) is 3.95. The second-order valence-electron chi connectivity index (χ2n) is 3.54. The molecule has 0 aliphatic rings. The third-order valence-electron chi connectivity index (χ3n) is 2.51. The molecule has 0 spiro atoms. The van der Waals surface area contributed by atoms with E-state index in [9.17, 15) is 10.1 Å². The van der Waals surface area contributed by atoms with E-state index >= 15 is 0 Å². The fourth-order valence-electron chi connectivity index (χ4n) is 1.69. The monoisotopic (exact) mass is 263 g/mol. The second kappa shape index (κ2) is 5.01. The van der Waals surface area contributed by atoms with Gasteiger partial charge in [0.25, 0.3) is 0 Å². The van der Waals surface area contributed by atoms with Crippen molar-refractivity contribution in [1.29, 1.82) is 0 Å². The van der Waals surface area contributed by atoms with E-state index in [0.29, 0.717) is 16.3 Å². The zero-order valence-corrected chi connectivity index (χ0v) is 10.3. The highest BCUT2D eigenvalue weighted by molar-refractivity contribution is 6.33. The van der Waals surface area contributed by atoms with E-state index in [1.54, 1.807) is 37.4 Å². The van der Waals surface area contributed by atoms with E-state index in [0.717, 1.165) is 0 Å². The number of hydrogen-bond acceptors (Lipinski definition) is 4. The average Bonchev–Trinajstić information content (AvgIpc) is 2.38. The highest BCUT2D eigenvalue weighted by Crippen LogP contribution is 2.36. The van der Waals surface area contributed by atoms with Gasteiger partial charge in [-0.15, -0.1) is 0 Å². The summed E-state index contributed by atoms with van der Waals surface area (Å²) in [6.45, 7) is 0. The van der Waals surface area contributed by atoms with Crippen LogP contribution in [0.25, 0.3) is 11.3 Å². The molecular formula is C12H10ClN3O2. The van der Waals surface area contributed by atoms with Gasteiger partial charge in [0.2, 0.25) is 0 Å². The van der Waals surface area contributed by atoms with Crippen LogP contribution in [0.1, 0.15) is 0 Å². The maximum atomic E-state index is 11.2. The average molecular weight is 264 g/mol. The van der Waals surface area contributed by atoms with Gasteiger partial charge < -0.3 is 5.32 Å². The molecule has 18 heavy (non-hydrogen) atoms. The highest BCUT2D eigenvalue weighted by atomic mass is 35.5. The van der Waals surface area contributed by atoms with Gasteiger partial charge in [-0.3, -0.25) is 10.1 Å². The molecule has 1 aromatic carbocycles. The minimum Gasteiger partial charge on any atom is -0.382 e. The number of pyridine rings is 1. The summed E-state index contributed by atoms with van der Waals surface area (Å²) in [6.07, 6.45) is 1.51. The first kappa shape index (κ1) is 12.3. The Morgan fingerprint density at radius 3 is 2.67 bits per heavy atom. The Morgan fingerprint density at radius 2 is 2.06 bits per heavy atom. The summed E-state index contributed by atoms with van der Waals surface area (Å²) in [7, 11) is 1.62. The third kappa shape index (κ3) is 2.12. The number of nitro groups is 1. The lowest BCUT2D eigenvalue weighted by molar-refractivity contribution is -0.383. The summed E-state index contributed by atoms with van der Waals surface area (Å²) < 4.78 is 0. The number of hydrogen-bond donors (Lipinski definition) is 1. The molecule has 0 amide bonds. The van der Waals surface area contributed by atoms with E-state index in [4.69, 9.17) is 11.6 Å². The molecular weight excluding hydrogens is 254 g/mol. The maximum absolute atomic E-state index is 11.2.